The Hall–Kier alpha value is -3.18. The van der Waals surface area contributed by atoms with E-state index in [9.17, 15) is 13.2 Å². The van der Waals surface area contributed by atoms with Gasteiger partial charge in [-0.2, -0.15) is 0 Å². The number of nitrogens with one attached hydrogen (secondary N) is 1. The average molecular weight is 596 g/mol. The Kier molecular flexibility index (Phi) is 7.67. The molecule has 0 spiro atoms. The van der Waals surface area contributed by atoms with Gasteiger partial charge < -0.3 is 10.2 Å². The van der Waals surface area contributed by atoms with Gasteiger partial charge in [-0.25, -0.2) is 13.4 Å². The first-order valence-corrected chi connectivity index (χ1v) is 16.0. The van der Waals surface area contributed by atoms with E-state index in [0.717, 1.165) is 77.2 Å². The van der Waals surface area contributed by atoms with Gasteiger partial charge in [-0.05, 0) is 66.9 Å². The minimum atomic E-state index is -3.70. The number of fused-ring (bicyclic) bond motifs is 2. The lowest BCUT2D eigenvalue weighted by Crippen LogP contribution is -2.48. The number of nitrogens with zero attached hydrogens (tertiary/aromatic N) is 4. The average Bonchev–Trinajstić information content (AvgIpc) is 3.40. The third kappa shape index (κ3) is 5.54. The molecule has 0 bridgehead atoms. The van der Waals surface area contributed by atoms with Gasteiger partial charge in [-0.15, -0.1) is 0 Å². The van der Waals surface area contributed by atoms with Crippen molar-refractivity contribution in [2.45, 2.75) is 17.7 Å². The van der Waals surface area contributed by atoms with Gasteiger partial charge in [0.15, 0.2) is 5.13 Å². The summed E-state index contributed by atoms with van der Waals surface area (Å²) in [7, 11) is -3.70. The molecular formula is C29H30ClN5O3S2. The van der Waals surface area contributed by atoms with Crippen LogP contribution in [0.25, 0.3) is 10.2 Å². The van der Waals surface area contributed by atoms with Crippen LogP contribution >= 0.6 is 22.9 Å². The highest BCUT2D eigenvalue weighted by atomic mass is 35.5. The molecule has 2 aliphatic heterocycles. The number of hydrogen-bond donors (Lipinski definition) is 1. The van der Waals surface area contributed by atoms with Gasteiger partial charge >= 0.3 is 0 Å². The number of aryl methyl sites for hydroxylation is 1. The number of sulfonamides is 1. The van der Waals surface area contributed by atoms with Crippen molar-refractivity contribution in [3.05, 3.63) is 82.9 Å². The number of amides is 1. The highest BCUT2D eigenvalue weighted by molar-refractivity contribution is 7.92. The fourth-order valence-electron chi connectivity index (χ4n) is 5.27. The monoisotopic (exact) mass is 595 g/mol. The summed E-state index contributed by atoms with van der Waals surface area (Å²) in [5.74, 6) is -0.209. The number of carbonyl (C=O) groups is 1. The summed E-state index contributed by atoms with van der Waals surface area (Å²) >= 11 is 7.78. The van der Waals surface area contributed by atoms with Crippen molar-refractivity contribution in [2.75, 3.05) is 55.0 Å². The quantitative estimate of drug-likeness (QED) is 0.335. The van der Waals surface area contributed by atoms with Crippen LogP contribution in [0, 0.1) is 0 Å². The Labute approximate surface area is 243 Å². The second kappa shape index (κ2) is 11.4. The molecule has 0 aliphatic carbocycles. The molecule has 1 saturated heterocycles. The molecule has 1 fully saturated rings. The normalized spacial score (nSPS) is 16.2. The van der Waals surface area contributed by atoms with Gasteiger partial charge in [0.05, 0.1) is 20.8 Å². The summed E-state index contributed by atoms with van der Waals surface area (Å²) in [6.07, 6.45) is 1.65. The van der Waals surface area contributed by atoms with Gasteiger partial charge in [0, 0.05) is 56.4 Å². The minimum Gasteiger partial charge on any atom is -0.351 e. The van der Waals surface area contributed by atoms with E-state index in [-0.39, 0.29) is 10.8 Å². The van der Waals surface area contributed by atoms with Gasteiger partial charge in [0.1, 0.15) is 0 Å². The zero-order valence-electron chi connectivity index (χ0n) is 21.9. The Bertz CT molecular complexity index is 1630. The van der Waals surface area contributed by atoms with Crippen molar-refractivity contribution < 1.29 is 13.2 Å². The minimum absolute atomic E-state index is 0.190. The first-order chi connectivity index (χ1) is 19.4. The van der Waals surface area contributed by atoms with E-state index in [4.69, 9.17) is 16.6 Å². The molecule has 40 heavy (non-hydrogen) atoms. The molecule has 0 atom stereocenters. The Balaban J connectivity index is 0.999. The fraction of sp³-hybridized carbons (Fsp3) is 0.310. The lowest BCUT2D eigenvalue weighted by Gasteiger charge is -2.34. The predicted octanol–water partition coefficient (Wildman–Crippen LogP) is 4.64. The van der Waals surface area contributed by atoms with Crippen molar-refractivity contribution in [2.24, 2.45) is 0 Å². The molecule has 0 saturated carbocycles. The summed E-state index contributed by atoms with van der Waals surface area (Å²) in [5, 5.41) is 4.71. The largest absolute Gasteiger partial charge is 0.351 e. The number of aromatic nitrogens is 1. The van der Waals surface area contributed by atoms with Crippen LogP contribution in [0.15, 0.2) is 71.6 Å². The number of benzene rings is 3. The number of hydrogen-bond acceptors (Lipinski definition) is 7. The molecule has 4 aromatic rings. The number of rotatable bonds is 7. The van der Waals surface area contributed by atoms with Crippen LogP contribution in [-0.2, 0) is 16.4 Å². The molecule has 2 aliphatic rings. The van der Waals surface area contributed by atoms with E-state index >= 15 is 0 Å². The Morgan fingerprint density at radius 2 is 1.75 bits per heavy atom. The van der Waals surface area contributed by atoms with Crippen LogP contribution in [-0.4, -0.2) is 70.0 Å². The van der Waals surface area contributed by atoms with Crippen molar-refractivity contribution in [1.82, 2.24) is 15.2 Å². The van der Waals surface area contributed by atoms with E-state index in [1.54, 1.807) is 23.5 Å². The molecule has 6 rings (SSSR count). The summed E-state index contributed by atoms with van der Waals surface area (Å²) in [5.41, 5.74) is 3.19. The zero-order valence-corrected chi connectivity index (χ0v) is 24.3. The van der Waals surface area contributed by atoms with Gasteiger partial charge in [-0.3, -0.25) is 14.0 Å². The first-order valence-electron chi connectivity index (χ1n) is 13.4. The fourth-order valence-corrected chi connectivity index (χ4v) is 8.10. The lowest BCUT2D eigenvalue weighted by molar-refractivity contribution is 0.0947. The second-order valence-corrected chi connectivity index (χ2v) is 13.3. The summed E-state index contributed by atoms with van der Waals surface area (Å²) in [6, 6.07) is 19.6. The summed E-state index contributed by atoms with van der Waals surface area (Å²) in [4.78, 5) is 22.3. The maximum atomic E-state index is 13.4. The lowest BCUT2D eigenvalue weighted by atomic mass is 10.0. The number of anilines is 2. The number of halogens is 1. The van der Waals surface area contributed by atoms with E-state index in [2.05, 4.69) is 15.1 Å². The highest BCUT2D eigenvalue weighted by Gasteiger charge is 2.29. The molecular weight excluding hydrogens is 566 g/mol. The number of para-hydroxylation sites is 1. The van der Waals surface area contributed by atoms with Crippen LogP contribution in [0.3, 0.4) is 0 Å². The smallest absolute Gasteiger partial charge is 0.264 e. The van der Waals surface area contributed by atoms with E-state index in [1.165, 1.54) is 16.4 Å². The number of thiazole rings is 1. The summed E-state index contributed by atoms with van der Waals surface area (Å²) < 4.78 is 29.3. The molecule has 1 amide bonds. The maximum Gasteiger partial charge on any atom is 0.264 e. The first kappa shape index (κ1) is 27.0. The second-order valence-electron chi connectivity index (χ2n) is 10.0. The van der Waals surface area contributed by atoms with E-state index in [1.807, 2.05) is 42.5 Å². The predicted molar refractivity (Wildman–Crippen MR) is 161 cm³/mol. The van der Waals surface area contributed by atoms with Gasteiger partial charge in [-0.1, -0.05) is 41.1 Å². The topological polar surface area (TPSA) is 85.9 Å². The highest BCUT2D eigenvalue weighted by Crippen LogP contribution is 2.32. The zero-order chi connectivity index (χ0) is 27.7. The third-order valence-corrected chi connectivity index (χ3v) is 10.6. The summed E-state index contributed by atoms with van der Waals surface area (Å²) in [6.45, 7) is 5.24. The molecule has 0 radical (unpaired) electrons. The molecule has 3 heterocycles. The van der Waals surface area contributed by atoms with Crippen molar-refractivity contribution in [3.63, 3.8) is 0 Å². The molecule has 3 aromatic carbocycles. The molecule has 1 aromatic heterocycles. The number of piperazine rings is 1. The van der Waals surface area contributed by atoms with Crippen LogP contribution in [0.1, 0.15) is 22.3 Å². The van der Waals surface area contributed by atoms with Crippen molar-refractivity contribution in [3.8, 4) is 0 Å². The van der Waals surface area contributed by atoms with Crippen LogP contribution < -0.4 is 14.5 Å². The van der Waals surface area contributed by atoms with Crippen molar-refractivity contribution >= 4 is 59.9 Å². The standard InChI is InChI=1S/C29H30ClN5O3S2/c30-23-9-12-25-27(20-23)39-29(32-25)34-18-16-33(17-19-34)15-13-31-28(36)22-7-10-24(11-8-22)40(37,38)35-14-3-5-21-4-1-2-6-26(21)35/h1-2,4,6-12,20H,3,5,13-19H2,(H,31,36). The van der Waals surface area contributed by atoms with Crippen molar-refractivity contribution in [1.29, 1.82) is 0 Å². The van der Waals surface area contributed by atoms with Gasteiger partial charge in [0.2, 0.25) is 0 Å². The van der Waals surface area contributed by atoms with E-state index in [0.29, 0.717) is 18.7 Å². The molecule has 11 heteroatoms. The Morgan fingerprint density at radius 3 is 2.55 bits per heavy atom. The number of carbonyl (C=O) groups excluding carboxylic acids is 1. The molecule has 8 nitrogen and oxygen atoms in total. The molecule has 1 N–H and O–H groups in total. The van der Waals surface area contributed by atoms with Crippen LogP contribution in [0.2, 0.25) is 5.02 Å². The van der Waals surface area contributed by atoms with Crippen LogP contribution in [0.5, 0.6) is 0 Å². The molecule has 208 valence electrons. The third-order valence-electron chi connectivity index (χ3n) is 7.47. The van der Waals surface area contributed by atoms with Crippen LogP contribution in [0.4, 0.5) is 10.8 Å². The van der Waals surface area contributed by atoms with Gasteiger partial charge in [0.25, 0.3) is 15.9 Å². The Morgan fingerprint density at radius 1 is 0.975 bits per heavy atom. The SMILES string of the molecule is O=C(NCCN1CCN(c2nc3ccc(Cl)cc3s2)CC1)c1ccc(S(=O)(=O)N2CCCc3ccccc32)cc1. The van der Waals surface area contributed by atoms with E-state index < -0.39 is 10.0 Å². The maximum absolute atomic E-state index is 13.4. The molecule has 0 unspecified atom stereocenters.